The summed E-state index contributed by atoms with van der Waals surface area (Å²) in [7, 11) is 0. The number of nitriles is 1. The van der Waals surface area contributed by atoms with Crippen LogP contribution in [0.15, 0.2) is 0 Å². The lowest BCUT2D eigenvalue weighted by Gasteiger charge is -2.30. The fourth-order valence-electron chi connectivity index (χ4n) is 2.50. The Morgan fingerprint density at radius 2 is 1.90 bits per heavy atom. The lowest BCUT2D eigenvalue weighted by Crippen LogP contribution is -2.44. The van der Waals surface area contributed by atoms with Gasteiger partial charge in [0.2, 0.25) is 0 Å². The molecule has 108 valence electrons. The molecule has 6 nitrogen and oxygen atoms in total. The van der Waals surface area contributed by atoms with Crippen molar-refractivity contribution in [1.29, 1.82) is 5.26 Å². The number of nitrogens with one attached hydrogen (secondary N) is 2. The van der Waals surface area contributed by atoms with Crippen molar-refractivity contribution < 1.29 is 0 Å². The summed E-state index contributed by atoms with van der Waals surface area (Å²) in [6, 6.07) is 1.75. The lowest BCUT2D eigenvalue weighted by molar-refractivity contribution is 0.581. The zero-order chi connectivity index (χ0) is 14.4. The van der Waals surface area contributed by atoms with Crippen LogP contribution in [-0.2, 0) is 19.5 Å². The summed E-state index contributed by atoms with van der Waals surface area (Å²) >= 11 is 0. The Hall–Kier alpha value is -1.71. The Kier molecular flexibility index (Phi) is 5.27. The van der Waals surface area contributed by atoms with Gasteiger partial charge in [-0.2, -0.15) is 5.26 Å². The first-order valence-corrected chi connectivity index (χ1v) is 7.16. The second-order valence-electron chi connectivity index (χ2n) is 4.81. The van der Waals surface area contributed by atoms with E-state index in [0.29, 0.717) is 0 Å². The van der Waals surface area contributed by atoms with Crippen LogP contribution in [0.3, 0.4) is 0 Å². The van der Waals surface area contributed by atoms with Crippen LogP contribution in [0.4, 0.5) is 5.82 Å². The van der Waals surface area contributed by atoms with Crippen molar-refractivity contribution >= 4 is 5.82 Å². The highest BCUT2D eigenvalue weighted by Crippen LogP contribution is 2.25. The minimum absolute atomic E-state index is 0.893. The largest absolute Gasteiger partial charge is 0.354 e. The number of rotatable bonds is 2. The van der Waals surface area contributed by atoms with Gasteiger partial charge in [0.05, 0.1) is 11.8 Å². The molecule has 0 saturated carbocycles. The molecule has 6 heteroatoms. The predicted molar refractivity (Wildman–Crippen MR) is 78.3 cm³/mol. The molecule has 1 aromatic heterocycles. The van der Waals surface area contributed by atoms with E-state index in [0.717, 1.165) is 51.5 Å². The topological polar surface area (TPSA) is 76.9 Å². The van der Waals surface area contributed by atoms with Crippen LogP contribution in [-0.4, -0.2) is 36.1 Å². The predicted octanol–water partition coefficient (Wildman–Crippen LogP) is 0.582. The van der Waals surface area contributed by atoms with Crippen molar-refractivity contribution in [1.82, 2.24) is 20.6 Å². The molecule has 0 spiro atoms. The molecule has 3 rings (SSSR count). The summed E-state index contributed by atoms with van der Waals surface area (Å²) in [5.74, 6) is 2.14. The molecule has 3 heterocycles. The molecule has 0 atom stereocenters. The van der Waals surface area contributed by atoms with E-state index in [1.54, 1.807) is 6.07 Å². The van der Waals surface area contributed by atoms with Gasteiger partial charge in [0.25, 0.3) is 0 Å². The second-order valence-corrected chi connectivity index (χ2v) is 4.81. The van der Waals surface area contributed by atoms with Gasteiger partial charge in [0, 0.05) is 58.2 Å². The molecule has 2 N–H and O–H groups in total. The molecule has 0 aromatic carbocycles. The Bertz CT molecular complexity index is 487. The first kappa shape index (κ1) is 14.7. The molecule has 0 aliphatic carbocycles. The van der Waals surface area contributed by atoms with Gasteiger partial charge in [-0.3, -0.25) is 0 Å². The molecule has 1 fully saturated rings. The first-order chi connectivity index (χ1) is 9.80. The lowest BCUT2D eigenvalue weighted by atomic mass is 10.2. The molecule has 0 amide bonds. The van der Waals surface area contributed by atoms with Crippen molar-refractivity contribution in [3.8, 4) is 6.07 Å². The summed E-state index contributed by atoms with van der Waals surface area (Å²) in [5, 5.41) is 14.1. The van der Waals surface area contributed by atoms with Gasteiger partial charge in [0.15, 0.2) is 0 Å². The van der Waals surface area contributed by atoms with Crippen LogP contribution in [0.5, 0.6) is 0 Å². The molecule has 0 bridgehead atoms. The number of aryl methyl sites for hydroxylation is 1. The highest BCUT2D eigenvalue weighted by atomic mass is 15.2. The number of hydrogen-bond acceptors (Lipinski definition) is 6. The van der Waals surface area contributed by atoms with E-state index in [1.807, 2.05) is 0 Å². The van der Waals surface area contributed by atoms with Crippen molar-refractivity contribution in [3.05, 3.63) is 17.1 Å². The van der Waals surface area contributed by atoms with Crippen molar-refractivity contribution in [2.24, 2.45) is 0 Å². The quantitative estimate of drug-likeness (QED) is 0.821. The zero-order valence-electron chi connectivity index (χ0n) is 12.2. The SMILES string of the molecule is CC#N.CCc1nc2c(c(N3CCNCC3)n1)CNC2. The maximum atomic E-state index is 7.32. The van der Waals surface area contributed by atoms with Gasteiger partial charge < -0.3 is 15.5 Å². The van der Waals surface area contributed by atoms with Crippen LogP contribution in [0.1, 0.15) is 30.9 Å². The van der Waals surface area contributed by atoms with Crippen LogP contribution >= 0.6 is 0 Å². The van der Waals surface area contributed by atoms with Gasteiger partial charge in [-0.1, -0.05) is 6.92 Å². The van der Waals surface area contributed by atoms with E-state index in [2.05, 4.69) is 27.4 Å². The summed E-state index contributed by atoms with van der Waals surface area (Å²) in [6.07, 6.45) is 0.909. The third-order valence-electron chi connectivity index (χ3n) is 3.44. The number of fused-ring (bicyclic) bond motifs is 1. The molecule has 2 aliphatic heterocycles. The van der Waals surface area contributed by atoms with Gasteiger partial charge in [-0.15, -0.1) is 0 Å². The normalized spacial score (nSPS) is 16.9. The fourth-order valence-corrected chi connectivity index (χ4v) is 2.50. The third kappa shape index (κ3) is 3.24. The summed E-state index contributed by atoms with van der Waals surface area (Å²) in [6.45, 7) is 9.55. The summed E-state index contributed by atoms with van der Waals surface area (Å²) < 4.78 is 0. The Balaban J connectivity index is 0.000000452. The second kappa shape index (κ2) is 7.17. The van der Waals surface area contributed by atoms with Crippen LogP contribution in [0, 0.1) is 11.3 Å². The molecular formula is C14H22N6. The highest BCUT2D eigenvalue weighted by molar-refractivity contribution is 5.51. The van der Waals surface area contributed by atoms with Gasteiger partial charge in [0.1, 0.15) is 11.6 Å². The number of hydrogen-bond donors (Lipinski definition) is 2. The minimum atomic E-state index is 0.893. The average Bonchev–Trinajstić information content (AvgIpc) is 2.96. The maximum Gasteiger partial charge on any atom is 0.137 e. The molecule has 0 radical (unpaired) electrons. The number of anilines is 1. The standard InChI is InChI=1S/C12H19N5.C2H3N/c1-2-11-15-10-8-14-7-9(10)12(16-11)17-5-3-13-4-6-17;1-2-3/h13-14H,2-8H2,1H3;1H3. The Labute approximate surface area is 120 Å². The Morgan fingerprint density at radius 3 is 2.55 bits per heavy atom. The van der Waals surface area contributed by atoms with Crippen LogP contribution in [0.2, 0.25) is 0 Å². The van der Waals surface area contributed by atoms with E-state index < -0.39 is 0 Å². The van der Waals surface area contributed by atoms with E-state index in [9.17, 15) is 0 Å². The molecular weight excluding hydrogens is 252 g/mol. The smallest absolute Gasteiger partial charge is 0.137 e. The van der Waals surface area contributed by atoms with E-state index in [1.165, 1.54) is 24.0 Å². The monoisotopic (exact) mass is 274 g/mol. The van der Waals surface area contributed by atoms with Gasteiger partial charge >= 0.3 is 0 Å². The molecule has 20 heavy (non-hydrogen) atoms. The van der Waals surface area contributed by atoms with Crippen molar-refractivity contribution in [2.75, 3.05) is 31.1 Å². The minimum Gasteiger partial charge on any atom is -0.354 e. The maximum absolute atomic E-state index is 7.32. The molecule has 1 saturated heterocycles. The van der Waals surface area contributed by atoms with Crippen LogP contribution in [0.25, 0.3) is 0 Å². The van der Waals surface area contributed by atoms with Crippen LogP contribution < -0.4 is 15.5 Å². The fraction of sp³-hybridized carbons (Fsp3) is 0.643. The van der Waals surface area contributed by atoms with Crippen molar-refractivity contribution in [3.63, 3.8) is 0 Å². The van der Waals surface area contributed by atoms with Crippen molar-refractivity contribution in [2.45, 2.75) is 33.4 Å². The highest BCUT2D eigenvalue weighted by Gasteiger charge is 2.23. The number of piperazine rings is 1. The van der Waals surface area contributed by atoms with E-state index >= 15 is 0 Å². The first-order valence-electron chi connectivity index (χ1n) is 7.16. The Morgan fingerprint density at radius 1 is 1.20 bits per heavy atom. The average molecular weight is 274 g/mol. The summed E-state index contributed by atoms with van der Waals surface area (Å²) in [4.78, 5) is 11.7. The molecule has 1 aromatic rings. The van der Waals surface area contributed by atoms with Gasteiger partial charge in [-0.25, -0.2) is 9.97 Å². The summed E-state index contributed by atoms with van der Waals surface area (Å²) in [5.41, 5.74) is 2.51. The van der Waals surface area contributed by atoms with Gasteiger partial charge in [-0.05, 0) is 0 Å². The molecule has 0 unspecified atom stereocenters. The number of aromatic nitrogens is 2. The third-order valence-corrected chi connectivity index (χ3v) is 3.44. The number of nitrogens with zero attached hydrogens (tertiary/aromatic N) is 4. The zero-order valence-corrected chi connectivity index (χ0v) is 12.2. The van der Waals surface area contributed by atoms with E-state index in [4.69, 9.17) is 10.2 Å². The van der Waals surface area contributed by atoms with E-state index in [-0.39, 0.29) is 0 Å². The molecule has 2 aliphatic rings.